The number of para-hydroxylation sites is 1. The van der Waals surface area contributed by atoms with Crippen LogP contribution in [0.2, 0.25) is 0 Å². The van der Waals surface area contributed by atoms with E-state index in [4.69, 9.17) is 10.5 Å². The lowest BCUT2D eigenvalue weighted by atomic mass is 10.3. The van der Waals surface area contributed by atoms with Crippen molar-refractivity contribution in [2.45, 2.75) is 11.8 Å². The molecule has 0 aliphatic rings. The molecule has 82 valence electrons. The second-order valence-electron chi connectivity index (χ2n) is 2.61. The Kier molecular flexibility index (Phi) is 5.60. The molecule has 15 heavy (non-hydrogen) atoms. The lowest BCUT2D eigenvalue weighted by Crippen LogP contribution is -2.19. The highest BCUT2D eigenvalue weighted by Gasteiger charge is 2.07. The molecular weight excluding hydrogens is 230 g/mol. The van der Waals surface area contributed by atoms with Crippen molar-refractivity contribution in [1.29, 1.82) is 0 Å². The van der Waals surface area contributed by atoms with Crippen molar-refractivity contribution >= 4 is 27.6 Å². The highest BCUT2D eigenvalue weighted by Crippen LogP contribution is 2.37. The lowest BCUT2D eigenvalue weighted by molar-refractivity contribution is -0.132. The summed E-state index contributed by atoms with van der Waals surface area (Å²) in [5.41, 5.74) is 5.18. The van der Waals surface area contributed by atoms with Crippen LogP contribution in [0.4, 0.5) is 0 Å². The smallest absolute Gasteiger partial charge is 0.325 e. The van der Waals surface area contributed by atoms with Crippen LogP contribution in [-0.2, 0) is 4.79 Å². The Labute approximate surface area is 97.2 Å². The maximum atomic E-state index is 11.0. The summed E-state index contributed by atoms with van der Waals surface area (Å²) < 4.78 is 5.09. The van der Waals surface area contributed by atoms with Gasteiger partial charge in [0.15, 0.2) is 0 Å². The molecule has 1 rings (SSSR count). The fourth-order valence-corrected chi connectivity index (χ4v) is 2.61. The summed E-state index contributed by atoms with van der Waals surface area (Å²) in [5.74, 6) is 1.17. The van der Waals surface area contributed by atoms with E-state index in [1.165, 1.54) is 0 Å². The maximum absolute atomic E-state index is 11.0. The first kappa shape index (κ1) is 12.4. The van der Waals surface area contributed by atoms with Gasteiger partial charge in [0, 0.05) is 5.75 Å². The zero-order valence-corrected chi connectivity index (χ0v) is 10.1. The molecule has 0 atom stereocenters. The number of benzene rings is 1. The molecule has 0 radical (unpaired) electrons. The van der Waals surface area contributed by atoms with Gasteiger partial charge in [-0.25, -0.2) is 0 Å². The van der Waals surface area contributed by atoms with Gasteiger partial charge in [-0.05, 0) is 12.1 Å². The van der Waals surface area contributed by atoms with Crippen molar-refractivity contribution in [2.75, 3.05) is 12.3 Å². The number of hydrogen-bond donors (Lipinski definition) is 1. The molecule has 0 bridgehead atoms. The Morgan fingerprint density at radius 1 is 1.47 bits per heavy atom. The van der Waals surface area contributed by atoms with E-state index in [9.17, 15) is 4.79 Å². The number of nitrogens with two attached hydrogens (primary N) is 1. The molecule has 0 unspecified atom stereocenters. The summed E-state index contributed by atoms with van der Waals surface area (Å²) in [5, 5.41) is 0. The predicted molar refractivity (Wildman–Crippen MR) is 65.1 cm³/mol. The third-order valence-corrected chi connectivity index (χ3v) is 3.98. The zero-order valence-electron chi connectivity index (χ0n) is 8.43. The van der Waals surface area contributed by atoms with Gasteiger partial charge < -0.3 is 10.5 Å². The quantitative estimate of drug-likeness (QED) is 0.488. The summed E-state index contributed by atoms with van der Waals surface area (Å²) in [6, 6.07) is 7.44. The molecule has 0 fully saturated rings. The largest absolute Gasteiger partial charge is 0.424 e. The predicted octanol–water partition coefficient (Wildman–Crippen LogP) is 2.31. The molecule has 1 aromatic carbocycles. The number of esters is 1. The third-order valence-electron chi connectivity index (χ3n) is 1.51. The number of carbonyl (C=O) groups excluding carboxylic acids is 1. The topological polar surface area (TPSA) is 52.3 Å². The highest BCUT2D eigenvalue weighted by molar-refractivity contribution is 8.76. The van der Waals surface area contributed by atoms with E-state index in [1.54, 1.807) is 27.7 Å². The highest BCUT2D eigenvalue weighted by atomic mass is 33.1. The van der Waals surface area contributed by atoms with E-state index in [1.807, 2.05) is 18.2 Å². The molecule has 0 heterocycles. The second kappa shape index (κ2) is 6.76. The van der Waals surface area contributed by atoms with Crippen LogP contribution in [-0.4, -0.2) is 18.3 Å². The number of hydrogen-bond acceptors (Lipinski definition) is 5. The van der Waals surface area contributed by atoms with Gasteiger partial charge in [0.25, 0.3) is 0 Å². The minimum Gasteiger partial charge on any atom is -0.424 e. The van der Waals surface area contributed by atoms with Crippen LogP contribution in [0.3, 0.4) is 0 Å². The van der Waals surface area contributed by atoms with Crippen LogP contribution < -0.4 is 10.5 Å². The summed E-state index contributed by atoms with van der Waals surface area (Å²) >= 11 is 0. The van der Waals surface area contributed by atoms with Crippen LogP contribution in [0.5, 0.6) is 5.75 Å². The third kappa shape index (κ3) is 4.15. The van der Waals surface area contributed by atoms with E-state index in [0.717, 1.165) is 10.6 Å². The molecule has 0 spiro atoms. The molecule has 5 heteroatoms. The van der Waals surface area contributed by atoms with Crippen LogP contribution in [0.25, 0.3) is 0 Å². The Balaban J connectivity index is 2.72. The molecule has 3 nitrogen and oxygen atoms in total. The Morgan fingerprint density at radius 2 is 2.20 bits per heavy atom. The van der Waals surface area contributed by atoms with Crippen LogP contribution in [0.15, 0.2) is 29.2 Å². The van der Waals surface area contributed by atoms with E-state index < -0.39 is 5.97 Å². The Bertz CT molecular complexity index is 331. The minimum absolute atomic E-state index is 0.0973. The van der Waals surface area contributed by atoms with Gasteiger partial charge in [-0.15, -0.1) is 0 Å². The van der Waals surface area contributed by atoms with Crippen molar-refractivity contribution in [1.82, 2.24) is 0 Å². The van der Waals surface area contributed by atoms with E-state index in [0.29, 0.717) is 5.75 Å². The number of rotatable bonds is 5. The monoisotopic (exact) mass is 243 g/mol. The van der Waals surface area contributed by atoms with Crippen molar-refractivity contribution in [3.63, 3.8) is 0 Å². The fraction of sp³-hybridized carbons (Fsp3) is 0.300. The maximum Gasteiger partial charge on any atom is 0.325 e. The summed E-state index contributed by atoms with van der Waals surface area (Å²) in [6.07, 6.45) is 0. The fourth-order valence-electron chi connectivity index (χ4n) is 0.890. The van der Waals surface area contributed by atoms with Crippen molar-refractivity contribution < 1.29 is 9.53 Å². The standard InChI is InChI=1S/C10H13NO2S2/c1-2-14-15-9-6-4-3-5-8(9)13-10(12)7-11/h3-6H,2,7,11H2,1H3. The molecular formula is C10H13NO2S2. The second-order valence-corrected chi connectivity index (χ2v) is 5.24. The molecule has 2 N–H and O–H groups in total. The summed E-state index contributed by atoms with van der Waals surface area (Å²) in [6.45, 7) is 1.98. The molecule has 0 saturated carbocycles. The molecule has 0 aromatic heterocycles. The molecule has 0 aliphatic heterocycles. The van der Waals surface area contributed by atoms with Gasteiger partial charge >= 0.3 is 5.97 Å². The van der Waals surface area contributed by atoms with E-state index in [2.05, 4.69) is 6.92 Å². The van der Waals surface area contributed by atoms with Gasteiger partial charge in [0.1, 0.15) is 5.75 Å². The lowest BCUT2D eigenvalue weighted by Gasteiger charge is -2.07. The summed E-state index contributed by atoms with van der Waals surface area (Å²) in [7, 11) is 3.30. The first-order chi connectivity index (χ1) is 7.27. The number of carbonyl (C=O) groups is 1. The first-order valence-corrected chi connectivity index (χ1v) is 6.89. The van der Waals surface area contributed by atoms with Crippen molar-refractivity contribution in [3.8, 4) is 5.75 Å². The Morgan fingerprint density at radius 3 is 2.87 bits per heavy atom. The van der Waals surface area contributed by atoms with Crippen LogP contribution in [0, 0.1) is 0 Å². The van der Waals surface area contributed by atoms with E-state index >= 15 is 0 Å². The zero-order chi connectivity index (χ0) is 11.1. The summed E-state index contributed by atoms with van der Waals surface area (Å²) in [4.78, 5) is 12.0. The first-order valence-electron chi connectivity index (χ1n) is 4.57. The SMILES string of the molecule is CCSSc1ccccc1OC(=O)CN. The average Bonchev–Trinajstić information content (AvgIpc) is 2.28. The van der Waals surface area contributed by atoms with E-state index in [-0.39, 0.29) is 6.54 Å². The van der Waals surface area contributed by atoms with Gasteiger partial charge in [0.2, 0.25) is 0 Å². The van der Waals surface area contributed by atoms with Crippen LogP contribution in [0.1, 0.15) is 6.92 Å². The van der Waals surface area contributed by atoms with Crippen molar-refractivity contribution in [2.24, 2.45) is 5.73 Å². The van der Waals surface area contributed by atoms with Crippen LogP contribution >= 0.6 is 21.6 Å². The molecule has 1 aromatic rings. The van der Waals surface area contributed by atoms with Gasteiger partial charge in [0.05, 0.1) is 11.4 Å². The minimum atomic E-state index is -0.412. The average molecular weight is 243 g/mol. The molecule has 0 aliphatic carbocycles. The number of ether oxygens (including phenoxy) is 1. The van der Waals surface area contributed by atoms with Gasteiger partial charge in [-0.3, -0.25) is 4.79 Å². The van der Waals surface area contributed by atoms with Gasteiger partial charge in [-0.1, -0.05) is 40.6 Å². The van der Waals surface area contributed by atoms with Crippen molar-refractivity contribution in [3.05, 3.63) is 24.3 Å². The molecule has 0 saturated heterocycles. The normalized spacial score (nSPS) is 10.0. The Hall–Kier alpha value is -0.650. The van der Waals surface area contributed by atoms with Gasteiger partial charge in [-0.2, -0.15) is 0 Å². The molecule has 0 amide bonds.